The summed E-state index contributed by atoms with van der Waals surface area (Å²) in [5.74, 6) is -0.923. The van der Waals surface area contributed by atoms with Crippen LogP contribution in [0, 0.1) is 5.82 Å². The molecule has 1 aliphatic heterocycles. The molecule has 2 amide bonds. The highest BCUT2D eigenvalue weighted by molar-refractivity contribution is 7.13. The average molecular weight is 476 g/mol. The predicted molar refractivity (Wildman–Crippen MR) is 126 cm³/mol. The van der Waals surface area contributed by atoms with Crippen molar-refractivity contribution >= 4 is 23.2 Å². The lowest BCUT2D eigenvalue weighted by Gasteiger charge is -2.43. The molecule has 5 rings (SSSR count). The summed E-state index contributed by atoms with van der Waals surface area (Å²) in [5.41, 5.74) is 1.53. The Kier molecular flexibility index (Phi) is 5.70. The minimum Gasteiger partial charge on any atom is -0.350 e. The van der Waals surface area contributed by atoms with Crippen molar-refractivity contribution in [2.45, 2.75) is 32.1 Å². The van der Waals surface area contributed by atoms with Gasteiger partial charge in [-0.2, -0.15) is 5.10 Å². The summed E-state index contributed by atoms with van der Waals surface area (Å²) in [6, 6.07) is 15.3. The summed E-state index contributed by atoms with van der Waals surface area (Å²) in [5, 5.41) is 9.51. The summed E-state index contributed by atoms with van der Waals surface area (Å²) in [6.45, 7) is 2.40. The van der Waals surface area contributed by atoms with Gasteiger partial charge in [-0.25, -0.2) is 4.39 Å². The highest BCUT2D eigenvalue weighted by atomic mass is 32.1. The third-order valence-corrected chi connectivity index (χ3v) is 6.88. The molecular weight excluding hydrogens is 453 g/mol. The van der Waals surface area contributed by atoms with Crippen molar-refractivity contribution in [3.05, 3.63) is 95.0 Å². The lowest BCUT2D eigenvalue weighted by atomic mass is 9.94. The van der Waals surface area contributed by atoms with Crippen LogP contribution in [0.15, 0.2) is 72.4 Å². The maximum atomic E-state index is 13.7. The number of nitrogens with zero attached hydrogens (tertiary/aromatic N) is 4. The second-order valence-corrected chi connectivity index (χ2v) is 9.33. The standard InChI is InChI=1S/C25H22FN5O2S/c1-25(24(33)28-14-17-6-8-19(26)9-7-17)16-31-21(12-20(29-31)22-5-3-11-34-22)23(32)30(25)15-18-4-2-10-27-13-18/h2-13H,14-16H2,1H3,(H,28,33)/t25-/m0/s1. The minimum absolute atomic E-state index is 0.203. The second-order valence-electron chi connectivity index (χ2n) is 8.39. The van der Waals surface area contributed by atoms with E-state index in [0.29, 0.717) is 11.4 Å². The molecule has 0 spiro atoms. The van der Waals surface area contributed by atoms with E-state index in [1.54, 1.807) is 64.5 Å². The van der Waals surface area contributed by atoms with Crippen LogP contribution in [0.1, 0.15) is 28.5 Å². The van der Waals surface area contributed by atoms with Crippen LogP contribution in [0.4, 0.5) is 4.39 Å². The zero-order valence-electron chi connectivity index (χ0n) is 18.4. The van der Waals surface area contributed by atoms with Crippen LogP contribution < -0.4 is 5.32 Å². The van der Waals surface area contributed by atoms with Gasteiger partial charge in [-0.3, -0.25) is 19.3 Å². The number of pyridine rings is 1. The van der Waals surface area contributed by atoms with Crippen molar-refractivity contribution in [3.63, 3.8) is 0 Å². The van der Waals surface area contributed by atoms with E-state index in [-0.39, 0.29) is 37.3 Å². The summed E-state index contributed by atoms with van der Waals surface area (Å²) < 4.78 is 14.9. The van der Waals surface area contributed by atoms with E-state index in [2.05, 4.69) is 15.4 Å². The number of hydrogen-bond donors (Lipinski definition) is 1. The highest BCUT2D eigenvalue weighted by Gasteiger charge is 2.48. The number of nitrogens with one attached hydrogen (secondary N) is 1. The van der Waals surface area contributed by atoms with Gasteiger partial charge < -0.3 is 10.2 Å². The van der Waals surface area contributed by atoms with E-state index >= 15 is 0 Å². The Morgan fingerprint density at radius 3 is 2.71 bits per heavy atom. The third kappa shape index (κ3) is 4.10. The molecule has 1 aromatic carbocycles. The highest BCUT2D eigenvalue weighted by Crippen LogP contribution is 2.32. The molecule has 0 saturated carbocycles. The van der Waals surface area contributed by atoms with Crippen LogP contribution in [0.2, 0.25) is 0 Å². The van der Waals surface area contributed by atoms with E-state index < -0.39 is 5.54 Å². The molecule has 3 aromatic heterocycles. The van der Waals surface area contributed by atoms with Gasteiger partial charge >= 0.3 is 0 Å². The monoisotopic (exact) mass is 475 g/mol. The van der Waals surface area contributed by atoms with Gasteiger partial charge in [0, 0.05) is 25.5 Å². The van der Waals surface area contributed by atoms with E-state index in [9.17, 15) is 14.0 Å². The van der Waals surface area contributed by atoms with Gasteiger partial charge in [-0.05, 0) is 53.8 Å². The maximum absolute atomic E-state index is 13.7. The second kappa shape index (κ2) is 8.83. The van der Waals surface area contributed by atoms with Crippen molar-refractivity contribution in [1.82, 2.24) is 25.0 Å². The normalized spacial score (nSPS) is 17.5. The van der Waals surface area contributed by atoms with Crippen LogP contribution in [-0.2, 0) is 24.4 Å². The Labute approximate surface area is 199 Å². The van der Waals surface area contributed by atoms with Crippen LogP contribution in [0.5, 0.6) is 0 Å². The Bertz CT molecular complexity index is 1320. The first-order valence-corrected chi connectivity index (χ1v) is 11.7. The van der Waals surface area contributed by atoms with Crippen LogP contribution in [0.3, 0.4) is 0 Å². The van der Waals surface area contributed by atoms with Gasteiger partial charge in [0.1, 0.15) is 22.7 Å². The van der Waals surface area contributed by atoms with Crippen molar-refractivity contribution in [2.75, 3.05) is 0 Å². The Morgan fingerprint density at radius 2 is 2.00 bits per heavy atom. The third-order valence-electron chi connectivity index (χ3n) is 5.99. The number of thiophene rings is 1. The van der Waals surface area contributed by atoms with Gasteiger partial charge in [0.2, 0.25) is 5.91 Å². The first-order valence-electron chi connectivity index (χ1n) is 10.8. The molecule has 0 saturated heterocycles. The van der Waals surface area contributed by atoms with Gasteiger partial charge in [0.25, 0.3) is 5.91 Å². The molecule has 1 atom stereocenters. The molecule has 1 N–H and O–H groups in total. The fourth-order valence-electron chi connectivity index (χ4n) is 4.08. The molecule has 0 aliphatic carbocycles. The Balaban J connectivity index is 1.47. The Morgan fingerprint density at radius 1 is 1.18 bits per heavy atom. The molecule has 0 radical (unpaired) electrons. The predicted octanol–water partition coefficient (Wildman–Crippen LogP) is 3.88. The lowest BCUT2D eigenvalue weighted by Crippen LogP contribution is -2.63. The van der Waals surface area contributed by atoms with Gasteiger partial charge in [0.05, 0.1) is 11.4 Å². The SMILES string of the molecule is C[C@@]1(C(=O)NCc2ccc(F)cc2)Cn2nc(-c3cccs3)cc2C(=O)N1Cc1cccnc1. The smallest absolute Gasteiger partial charge is 0.273 e. The number of carbonyl (C=O) groups is 2. The number of carbonyl (C=O) groups excluding carboxylic acids is 2. The zero-order valence-corrected chi connectivity index (χ0v) is 19.3. The van der Waals surface area contributed by atoms with Crippen LogP contribution in [0.25, 0.3) is 10.6 Å². The van der Waals surface area contributed by atoms with Crippen molar-refractivity contribution in [3.8, 4) is 10.6 Å². The number of amides is 2. The fourth-order valence-corrected chi connectivity index (χ4v) is 4.76. The van der Waals surface area contributed by atoms with Crippen molar-refractivity contribution in [1.29, 1.82) is 0 Å². The number of benzene rings is 1. The minimum atomic E-state index is -1.20. The molecule has 34 heavy (non-hydrogen) atoms. The topological polar surface area (TPSA) is 80.1 Å². The summed E-state index contributed by atoms with van der Waals surface area (Å²) in [4.78, 5) is 33.9. The number of aromatic nitrogens is 3. The van der Waals surface area contributed by atoms with E-state index in [1.165, 1.54) is 12.1 Å². The summed E-state index contributed by atoms with van der Waals surface area (Å²) >= 11 is 1.54. The molecular formula is C25H22FN5O2S. The number of halogens is 1. The Hall–Kier alpha value is -3.85. The molecule has 9 heteroatoms. The number of fused-ring (bicyclic) bond motifs is 1. The molecule has 0 fully saturated rings. The lowest BCUT2D eigenvalue weighted by molar-refractivity contribution is -0.133. The van der Waals surface area contributed by atoms with Crippen LogP contribution in [-0.4, -0.2) is 37.0 Å². The quantitative estimate of drug-likeness (QED) is 0.459. The molecule has 1 aliphatic rings. The molecule has 0 bridgehead atoms. The van der Waals surface area contributed by atoms with E-state index in [0.717, 1.165) is 16.0 Å². The van der Waals surface area contributed by atoms with Crippen LogP contribution >= 0.6 is 11.3 Å². The van der Waals surface area contributed by atoms with Crippen molar-refractivity contribution in [2.24, 2.45) is 0 Å². The van der Waals surface area contributed by atoms with Gasteiger partial charge in [-0.1, -0.05) is 24.3 Å². The van der Waals surface area contributed by atoms with E-state index in [1.807, 2.05) is 23.6 Å². The first kappa shape index (κ1) is 22.0. The molecule has 4 aromatic rings. The largest absolute Gasteiger partial charge is 0.350 e. The number of rotatable bonds is 6. The first-order chi connectivity index (χ1) is 16.4. The average Bonchev–Trinajstić information content (AvgIpc) is 3.52. The van der Waals surface area contributed by atoms with E-state index in [4.69, 9.17) is 0 Å². The molecule has 4 heterocycles. The summed E-state index contributed by atoms with van der Waals surface area (Å²) in [7, 11) is 0. The van der Waals surface area contributed by atoms with Gasteiger partial charge in [-0.15, -0.1) is 11.3 Å². The maximum Gasteiger partial charge on any atom is 0.273 e. The fraction of sp³-hybridized carbons (Fsp3) is 0.200. The molecule has 172 valence electrons. The zero-order chi connectivity index (χ0) is 23.7. The number of hydrogen-bond acceptors (Lipinski definition) is 5. The summed E-state index contributed by atoms with van der Waals surface area (Å²) in [6.07, 6.45) is 3.35. The van der Waals surface area contributed by atoms with Crippen molar-refractivity contribution < 1.29 is 14.0 Å². The molecule has 7 nitrogen and oxygen atoms in total. The van der Waals surface area contributed by atoms with Gasteiger partial charge in [0.15, 0.2) is 0 Å². The molecule has 0 unspecified atom stereocenters.